The van der Waals surface area contributed by atoms with E-state index in [1.807, 2.05) is 0 Å². The number of carbonyl (C=O) groups is 1. The van der Waals surface area contributed by atoms with Crippen LogP contribution >= 0.6 is 0 Å². The zero-order valence-electron chi connectivity index (χ0n) is 3.79. The fraction of sp³-hybridized carbons (Fsp3) is 0.500. The van der Waals surface area contributed by atoms with Gasteiger partial charge in [0.25, 0.3) is 0 Å². The molecule has 0 heterocycles. The summed E-state index contributed by atoms with van der Waals surface area (Å²) < 4.78 is 0. The summed E-state index contributed by atoms with van der Waals surface area (Å²) in [6, 6.07) is 0. The van der Waals surface area contributed by atoms with Crippen molar-refractivity contribution in [1.29, 1.82) is 0 Å². The Hall–Kier alpha value is 0.430. The third-order valence-corrected chi connectivity index (χ3v) is 0.410. The first-order chi connectivity index (χ1) is 3.13. The molecule has 0 bridgehead atoms. The summed E-state index contributed by atoms with van der Waals surface area (Å²) in [5.41, 5.74) is 0. The Morgan fingerprint density at radius 1 is 1.75 bits per heavy atom. The van der Waals surface area contributed by atoms with Crippen LogP contribution in [-0.4, -0.2) is 51.8 Å². The van der Waals surface area contributed by atoms with Gasteiger partial charge in [0.1, 0.15) is 0 Å². The molecular weight excluding hydrogens is 119 g/mol. The molecule has 0 spiro atoms. The Morgan fingerprint density at radius 3 is 2.12 bits per heavy atom. The van der Waals surface area contributed by atoms with Gasteiger partial charge in [0.15, 0.2) is 0 Å². The van der Waals surface area contributed by atoms with Gasteiger partial charge in [-0.2, -0.15) is 0 Å². The maximum absolute atomic E-state index is 9.61. The summed E-state index contributed by atoms with van der Waals surface area (Å²) in [7, 11) is 0. The summed E-state index contributed by atoms with van der Waals surface area (Å²) >= 11 is 0. The van der Waals surface area contributed by atoms with Crippen molar-refractivity contribution in [2.75, 3.05) is 0 Å². The second-order valence-corrected chi connectivity index (χ2v) is 1.25. The van der Waals surface area contributed by atoms with E-state index in [0.29, 0.717) is 0 Å². The van der Waals surface area contributed by atoms with Crippen LogP contribution in [0, 0.1) is 6.92 Å². The predicted molar refractivity (Wildman–Crippen MR) is 30.8 cm³/mol. The van der Waals surface area contributed by atoms with E-state index in [-0.39, 0.29) is 36.0 Å². The Morgan fingerprint density at radius 2 is 2.12 bits per heavy atom. The molecule has 1 atom stereocenters. The summed E-state index contributed by atoms with van der Waals surface area (Å²) in [5, 5.41) is 16.1. The van der Waals surface area contributed by atoms with Crippen molar-refractivity contribution in [2.45, 2.75) is 12.5 Å². The molecule has 2 N–H and O–H groups in total. The van der Waals surface area contributed by atoms with Crippen molar-refractivity contribution in [3.05, 3.63) is 6.92 Å². The molecule has 0 aromatic rings. The van der Waals surface area contributed by atoms with E-state index in [0.717, 1.165) is 0 Å². The Bertz CT molecular complexity index is 71.7. The molecule has 0 aliphatic heterocycles. The van der Waals surface area contributed by atoms with Gasteiger partial charge in [0, 0.05) is 0 Å². The molecule has 8 heavy (non-hydrogen) atoms. The molecule has 1 unspecified atom stereocenters. The van der Waals surface area contributed by atoms with Crippen LogP contribution in [0.4, 0.5) is 0 Å². The van der Waals surface area contributed by atoms with E-state index in [9.17, 15) is 4.79 Å². The first-order valence-electron chi connectivity index (χ1n) is 1.86. The van der Waals surface area contributed by atoms with Crippen LogP contribution < -0.4 is 0 Å². The van der Waals surface area contributed by atoms with Crippen molar-refractivity contribution >= 4 is 35.5 Å². The molecule has 0 aromatic carbocycles. The van der Waals surface area contributed by atoms with Crippen LogP contribution in [-0.2, 0) is 4.79 Å². The van der Waals surface area contributed by atoms with Gasteiger partial charge in [-0.3, -0.25) is 4.79 Å². The van der Waals surface area contributed by atoms with Crippen molar-refractivity contribution in [2.24, 2.45) is 0 Å². The van der Waals surface area contributed by atoms with E-state index in [2.05, 4.69) is 6.92 Å². The van der Waals surface area contributed by atoms with Crippen LogP contribution in [0.15, 0.2) is 0 Å². The second kappa shape index (κ2) is 5.56. The van der Waals surface area contributed by atoms with Gasteiger partial charge in [-0.1, -0.05) is 0 Å². The monoisotopic (exact) mass is 127 g/mol. The zero-order chi connectivity index (χ0) is 5.86. The first-order valence-corrected chi connectivity index (χ1v) is 1.86. The Labute approximate surface area is 70.0 Å². The number of aliphatic carboxylic acids is 1. The van der Waals surface area contributed by atoms with Crippen molar-refractivity contribution in [1.82, 2.24) is 0 Å². The second-order valence-electron chi connectivity index (χ2n) is 1.25. The van der Waals surface area contributed by atoms with Gasteiger partial charge < -0.3 is 10.2 Å². The molecule has 0 aliphatic carbocycles. The van der Waals surface area contributed by atoms with Gasteiger partial charge in [0.2, 0.25) is 0 Å². The van der Waals surface area contributed by atoms with Crippen molar-refractivity contribution < 1.29 is 15.0 Å². The summed E-state index contributed by atoms with van der Waals surface area (Å²) in [6.45, 7) is 3.05. The SMILES string of the molecule is [CH2]C(O)CC(=O)O.[NaH]. The molecule has 0 rings (SSSR count). The van der Waals surface area contributed by atoms with E-state index in [4.69, 9.17) is 10.2 Å². The Balaban J connectivity index is 0. The van der Waals surface area contributed by atoms with E-state index >= 15 is 0 Å². The molecule has 0 aliphatic rings. The number of carboxylic acids is 1. The standard InChI is InChI=1S/C4H7O3.Na.H/c1-3(5)2-4(6)7;;/h3,5H,1-2H2,(H,6,7);;. The van der Waals surface area contributed by atoms with Crippen LogP contribution in [0.5, 0.6) is 0 Å². The van der Waals surface area contributed by atoms with Gasteiger partial charge in [-0.25, -0.2) is 0 Å². The topological polar surface area (TPSA) is 57.5 Å². The number of aliphatic hydroxyl groups is 1. The number of hydrogen-bond donors (Lipinski definition) is 2. The molecule has 1 radical (unpaired) electrons. The van der Waals surface area contributed by atoms with Crippen LogP contribution in [0.25, 0.3) is 0 Å². The van der Waals surface area contributed by atoms with E-state index in [1.165, 1.54) is 0 Å². The van der Waals surface area contributed by atoms with E-state index in [1.54, 1.807) is 0 Å². The summed E-state index contributed by atoms with van der Waals surface area (Å²) in [5.74, 6) is -1.03. The van der Waals surface area contributed by atoms with Gasteiger partial charge in [-0.15, -0.1) is 0 Å². The summed E-state index contributed by atoms with van der Waals surface area (Å²) in [4.78, 5) is 9.61. The number of hydrogen-bond acceptors (Lipinski definition) is 2. The van der Waals surface area contributed by atoms with Gasteiger partial charge in [0.05, 0.1) is 12.5 Å². The minimum atomic E-state index is -1.03. The molecule has 0 aromatic heterocycles. The average molecular weight is 127 g/mol. The molecular formula is C4H8NaO3. The van der Waals surface area contributed by atoms with Crippen LogP contribution in [0.1, 0.15) is 6.42 Å². The van der Waals surface area contributed by atoms with Crippen LogP contribution in [0.2, 0.25) is 0 Å². The number of rotatable bonds is 2. The fourth-order valence-electron chi connectivity index (χ4n) is 0.202. The minimum absolute atomic E-state index is 0. The molecule has 0 saturated heterocycles. The van der Waals surface area contributed by atoms with Crippen LogP contribution in [0.3, 0.4) is 0 Å². The predicted octanol–water partition coefficient (Wildman–Crippen LogP) is -0.992. The normalized spacial score (nSPS) is 11.8. The fourth-order valence-corrected chi connectivity index (χ4v) is 0.202. The zero-order valence-corrected chi connectivity index (χ0v) is 3.79. The first kappa shape index (κ1) is 11.3. The molecule has 43 valence electrons. The number of carboxylic acid groups (broad SMARTS) is 1. The third kappa shape index (κ3) is 9.66. The number of aliphatic hydroxyl groups excluding tert-OH is 1. The molecule has 4 heteroatoms. The average Bonchev–Trinajstić information content (AvgIpc) is 1.27. The molecule has 0 fully saturated rings. The van der Waals surface area contributed by atoms with Gasteiger partial charge in [-0.05, 0) is 6.92 Å². The summed E-state index contributed by atoms with van der Waals surface area (Å²) in [6.07, 6.45) is -1.25. The Kier molecular flexibility index (Phi) is 7.83. The van der Waals surface area contributed by atoms with Crippen molar-refractivity contribution in [3.8, 4) is 0 Å². The third-order valence-electron chi connectivity index (χ3n) is 0.410. The van der Waals surface area contributed by atoms with Gasteiger partial charge >= 0.3 is 35.5 Å². The molecule has 3 nitrogen and oxygen atoms in total. The quantitative estimate of drug-likeness (QED) is 0.468. The molecule has 0 saturated carbocycles. The molecule has 0 amide bonds. The van der Waals surface area contributed by atoms with Crippen molar-refractivity contribution in [3.63, 3.8) is 0 Å². The maximum atomic E-state index is 9.61. The van der Waals surface area contributed by atoms with E-state index < -0.39 is 12.1 Å².